The molecule has 3 aromatic rings. The maximum Gasteiger partial charge on any atom is 0.174 e. The summed E-state index contributed by atoms with van der Waals surface area (Å²) in [5.74, 6) is 5.68. The van der Waals surface area contributed by atoms with Gasteiger partial charge in [-0.1, -0.05) is 18.2 Å². The Hall–Kier alpha value is -1.69. The summed E-state index contributed by atoms with van der Waals surface area (Å²) in [6.07, 6.45) is 3.41. The van der Waals surface area contributed by atoms with Crippen LogP contribution < -0.4 is 11.3 Å². The standard InChI is InChI=1S/C14H12BrN3O/c15-14-11(5-7-19-14)13(18-16)10-4-3-9-2-1-6-17-12(9)8-10/h1-8,13,18H,16H2. The number of aromatic nitrogens is 1. The first-order valence-corrected chi connectivity index (χ1v) is 6.62. The number of rotatable bonds is 3. The highest BCUT2D eigenvalue weighted by Gasteiger charge is 2.17. The third-order valence-electron chi connectivity index (χ3n) is 3.09. The minimum atomic E-state index is -0.139. The van der Waals surface area contributed by atoms with Crippen LogP contribution in [0.1, 0.15) is 17.2 Å². The van der Waals surface area contributed by atoms with Gasteiger partial charge in [-0.3, -0.25) is 10.8 Å². The van der Waals surface area contributed by atoms with Crippen molar-refractivity contribution >= 4 is 26.8 Å². The van der Waals surface area contributed by atoms with Crippen LogP contribution in [-0.4, -0.2) is 4.98 Å². The van der Waals surface area contributed by atoms with Gasteiger partial charge < -0.3 is 4.42 Å². The van der Waals surface area contributed by atoms with E-state index in [-0.39, 0.29) is 6.04 Å². The molecule has 1 unspecified atom stereocenters. The summed E-state index contributed by atoms with van der Waals surface area (Å²) < 4.78 is 5.94. The molecular weight excluding hydrogens is 306 g/mol. The summed E-state index contributed by atoms with van der Waals surface area (Å²) in [6, 6.07) is 11.8. The smallest absolute Gasteiger partial charge is 0.174 e. The first-order valence-electron chi connectivity index (χ1n) is 5.83. The van der Waals surface area contributed by atoms with Crippen LogP contribution in [0, 0.1) is 0 Å². The largest absolute Gasteiger partial charge is 0.457 e. The Morgan fingerprint density at radius 3 is 2.89 bits per heavy atom. The number of nitrogens with one attached hydrogen (secondary N) is 1. The van der Waals surface area contributed by atoms with Crippen molar-refractivity contribution in [1.82, 2.24) is 10.4 Å². The minimum absolute atomic E-state index is 0.139. The Balaban J connectivity index is 2.09. The molecule has 0 saturated carbocycles. The third kappa shape index (κ3) is 2.28. The molecule has 3 N–H and O–H groups in total. The second-order valence-corrected chi connectivity index (χ2v) is 4.93. The number of furan rings is 1. The van der Waals surface area contributed by atoms with Crippen LogP contribution in [-0.2, 0) is 0 Å². The molecule has 5 heteroatoms. The van der Waals surface area contributed by atoms with Gasteiger partial charge in [0.15, 0.2) is 4.67 Å². The zero-order valence-corrected chi connectivity index (χ0v) is 11.6. The number of pyridine rings is 1. The first kappa shape index (κ1) is 12.3. The van der Waals surface area contributed by atoms with E-state index in [1.807, 2.05) is 36.4 Å². The fraction of sp³-hybridized carbons (Fsp3) is 0.0714. The van der Waals surface area contributed by atoms with E-state index in [2.05, 4.69) is 26.3 Å². The van der Waals surface area contributed by atoms with Crippen molar-refractivity contribution in [3.63, 3.8) is 0 Å². The van der Waals surface area contributed by atoms with Gasteiger partial charge in [-0.25, -0.2) is 5.43 Å². The van der Waals surface area contributed by atoms with Crippen LogP contribution in [0.2, 0.25) is 0 Å². The first-order chi connectivity index (χ1) is 9.29. The number of benzene rings is 1. The monoisotopic (exact) mass is 317 g/mol. The van der Waals surface area contributed by atoms with Gasteiger partial charge >= 0.3 is 0 Å². The molecule has 0 aliphatic rings. The number of fused-ring (bicyclic) bond motifs is 1. The average molecular weight is 318 g/mol. The highest BCUT2D eigenvalue weighted by molar-refractivity contribution is 9.10. The fourth-order valence-electron chi connectivity index (χ4n) is 2.14. The number of hydrogen-bond donors (Lipinski definition) is 2. The molecule has 0 radical (unpaired) electrons. The normalized spacial score (nSPS) is 12.7. The zero-order chi connectivity index (χ0) is 13.2. The Labute approximate surface area is 118 Å². The number of hydrogen-bond acceptors (Lipinski definition) is 4. The van der Waals surface area contributed by atoms with Crippen LogP contribution >= 0.6 is 15.9 Å². The molecule has 2 heterocycles. The van der Waals surface area contributed by atoms with Crippen molar-refractivity contribution in [3.05, 3.63) is 64.7 Å². The predicted molar refractivity (Wildman–Crippen MR) is 77.3 cm³/mol. The molecule has 0 aliphatic heterocycles. The average Bonchev–Trinajstić information content (AvgIpc) is 2.86. The lowest BCUT2D eigenvalue weighted by Crippen LogP contribution is -2.28. The molecule has 3 rings (SSSR count). The SMILES string of the molecule is NNC(c1ccc2cccnc2c1)c1ccoc1Br. The molecule has 0 bridgehead atoms. The lowest BCUT2D eigenvalue weighted by molar-refractivity contribution is 0.527. The van der Waals surface area contributed by atoms with E-state index in [0.29, 0.717) is 4.67 Å². The van der Waals surface area contributed by atoms with Crippen LogP contribution in [0.3, 0.4) is 0 Å². The van der Waals surface area contributed by atoms with Gasteiger partial charge in [0, 0.05) is 17.1 Å². The molecule has 1 aromatic carbocycles. The summed E-state index contributed by atoms with van der Waals surface area (Å²) in [7, 11) is 0. The molecule has 4 nitrogen and oxygen atoms in total. The summed E-state index contributed by atoms with van der Waals surface area (Å²) in [5, 5.41) is 1.10. The summed E-state index contributed by atoms with van der Waals surface area (Å²) in [6.45, 7) is 0. The van der Waals surface area contributed by atoms with E-state index >= 15 is 0 Å². The number of hydrazine groups is 1. The Kier molecular flexibility index (Phi) is 3.33. The van der Waals surface area contributed by atoms with Crippen molar-refractivity contribution in [2.24, 2.45) is 5.84 Å². The molecule has 96 valence electrons. The van der Waals surface area contributed by atoms with Gasteiger partial charge in [0.05, 0.1) is 17.8 Å². The van der Waals surface area contributed by atoms with Crippen molar-refractivity contribution in [2.45, 2.75) is 6.04 Å². The number of nitrogens with zero attached hydrogens (tertiary/aromatic N) is 1. The topological polar surface area (TPSA) is 64.1 Å². The van der Waals surface area contributed by atoms with Gasteiger partial charge in [0.25, 0.3) is 0 Å². The van der Waals surface area contributed by atoms with Crippen molar-refractivity contribution < 1.29 is 4.42 Å². The van der Waals surface area contributed by atoms with Crippen molar-refractivity contribution in [1.29, 1.82) is 0 Å². The van der Waals surface area contributed by atoms with Crippen molar-refractivity contribution in [2.75, 3.05) is 0 Å². The molecule has 0 amide bonds. The van der Waals surface area contributed by atoms with E-state index in [9.17, 15) is 0 Å². The van der Waals surface area contributed by atoms with Crippen LogP contribution in [0.5, 0.6) is 0 Å². The minimum Gasteiger partial charge on any atom is -0.457 e. The Morgan fingerprint density at radius 1 is 1.26 bits per heavy atom. The molecule has 0 aliphatic carbocycles. The van der Waals surface area contributed by atoms with Crippen LogP contribution in [0.4, 0.5) is 0 Å². The second kappa shape index (κ2) is 5.13. The van der Waals surface area contributed by atoms with E-state index in [1.165, 1.54) is 0 Å². The van der Waals surface area contributed by atoms with Gasteiger partial charge in [-0.2, -0.15) is 0 Å². The molecule has 2 aromatic heterocycles. The highest BCUT2D eigenvalue weighted by atomic mass is 79.9. The number of nitrogens with two attached hydrogens (primary N) is 1. The molecule has 0 saturated heterocycles. The van der Waals surface area contributed by atoms with E-state index < -0.39 is 0 Å². The predicted octanol–water partition coefficient (Wildman–Crippen LogP) is 3.14. The van der Waals surface area contributed by atoms with E-state index in [1.54, 1.807) is 12.5 Å². The van der Waals surface area contributed by atoms with E-state index in [4.69, 9.17) is 10.3 Å². The maximum atomic E-state index is 5.68. The highest BCUT2D eigenvalue weighted by Crippen LogP contribution is 2.30. The number of halogens is 1. The Bertz CT molecular complexity index is 710. The molecule has 1 atom stereocenters. The van der Waals surface area contributed by atoms with E-state index in [0.717, 1.165) is 22.0 Å². The van der Waals surface area contributed by atoms with Crippen molar-refractivity contribution in [3.8, 4) is 0 Å². The summed E-state index contributed by atoms with van der Waals surface area (Å²) >= 11 is 3.38. The molecule has 19 heavy (non-hydrogen) atoms. The quantitative estimate of drug-likeness (QED) is 0.575. The van der Waals surface area contributed by atoms with Gasteiger partial charge in [-0.15, -0.1) is 0 Å². The van der Waals surface area contributed by atoms with Gasteiger partial charge in [0.2, 0.25) is 0 Å². The van der Waals surface area contributed by atoms with Crippen LogP contribution in [0.15, 0.2) is 57.9 Å². The fourth-order valence-corrected chi connectivity index (χ4v) is 2.61. The molecule has 0 fully saturated rings. The third-order valence-corrected chi connectivity index (χ3v) is 3.73. The summed E-state index contributed by atoms with van der Waals surface area (Å²) in [4.78, 5) is 4.36. The lowest BCUT2D eigenvalue weighted by atomic mass is 10.0. The van der Waals surface area contributed by atoms with Gasteiger partial charge in [-0.05, 0) is 39.7 Å². The molecular formula is C14H12BrN3O. The zero-order valence-electron chi connectivity index (χ0n) is 10.0. The second-order valence-electron chi connectivity index (χ2n) is 4.20. The lowest BCUT2D eigenvalue weighted by Gasteiger charge is -2.15. The Morgan fingerprint density at radius 2 is 2.16 bits per heavy atom. The molecule has 0 spiro atoms. The van der Waals surface area contributed by atoms with Gasteiger partial charge in [0.1, 0.15) is 0 Å². The summed E-state index contributed by atoms with van der Waals surface area (Å²) in [5.41, 5.74) is 5.75. The maximum absolute atomic E-state index is 5.68. The van der Waals surface area contributed by atoms with Crippen LogP contribution in [0.25, 0.3) is 10.9 Å².